The Morgan fingerprint density at radius 2 is 2.33 bits per heavy atom. The zero-order valence-corrected chi connectivity index (χ0v) is 13.4. The van der Waals surface area contributed by atoms with Crippen LogP contribution in [0.3, 0.4) is 0 Å². The third-order valence-electron chi connectivity index (χ3n) is 3.31. The first-order valence-corrected chi connectivity index (χ1v) is 7.94. The molecule has 0 saturated carbocycles. The molecule has 120 valence electrons. The van der Waals surface area contributed by atoms with Gasteiger partial charge in [-0.2, -0.15) is 10.1 Å². The fraction of sp³-hybridized carbons (Fsp3) is 0.133. The van der Waals surface area contributed by atoms with Gasteiger partial charge >= 0.3 is 5.97 Å². The SMILES string of the molecule is Cc1nn2cccnc2c1C(=O)OCc1nc(-c2cccs2)no1. The Kier molecular flexibility index (Phi) is 3.54. The Bertz CT molecular complexity index is 1010. The van der Waals surface area contributed by atoms with Crippen molar-refractivity contribution >= 4 is 23.0 Å². The van der Waals surface area contributed by atoms with Gasteiger partial charge in [0, 0.05) is 12.4 Å². The summed E-state index contributed by atoms with van der Waals surface area (Å²) in [7, 11) is 0. The maximum Gasteiger partial charge on any atom is 0.344 e. The van der Waals surface area contributed by atoms with Gasteiger partial charge in [0.25, 0.3) is 5.89 Å². The van der Waals surface area contributed by atoms with Gasteiger partial charge in [-0.1, -0.05) is 11.2 Å². The van der Waals surface area contributed by atoms with Crippen LogP contribution in [0.2, 0.25) is 0 Å². The standard InChI is InChI=1S/C15H11N5O3S/c1-9-12(14-16-5-3-6-20(14)18-9)15(21)22-8-11-17-13(19-23-11)10-4-2-7-24-10/h2-7H,8H2,1H3. The third-order valence-corrected chi connectivity index (χ3v) is 4.18. The zero-order valence-electron chi connectivity index (χ0n) is 12.5. The highest BCUT2D eigenvalue weighted by atomic mass is 32.1. The van der Waals surface area contributed by atoms with Crippen molar-refractivity contribution in [3.63, 3.8) is 0 Å². The fourth-order valence-electron chi connectivity index (χ4n) is 2.25. The number of hydrogen-bond acceptors (Lipinski definition) is 8. The molecule has 0 radical (unpaired) electrons. The van der Waals surface area contributed by atoms with E-state index in [1.165, 1.54) is 15.9 Å². The number of aryl methyl sites for hydroxylation is 1. The van der Waals surface area contributed by atoms with E-state index in [4.69, 9.17) is 9.26 Å². The van der Waals surface area contributed by atoms with Gasteiger partial charge < -0.3 is 9.26 Å². The van der Waals surface area contributed by atoms with Crippen molar-refractivity contribution in [2.24, 2.45) is 0 Å². The van der Waals surface area contributed by atoms with E-state index in [0.717, 1.165) is 4.88 Å². The summed E-state index contributed by atoms with van der Waals surface area (Å²) >= 11 is 1.50. The molecule has 0 spiro atoms. The van der Waals surface area contributed by atoms with Crippen molar-refractivity contribution in [2.45, 2.75) is 13.5 Å². The Hall–Kier alpha value is -3.07. The van der Waals surface area contributed by atoms with Crippen molar-refractivity contribution in [2.75, 3.05) is 0 Å². The molecule has 9 heteroatoms. The average Bonchev–Trinajstić information content (AvgIpc) is 3.31. The van der Waals surface area contributed by atoms with Gasteiger partial charge in [0.2, 0.25) is 5.82 Å². The van der Waals surface area contributed by atoms with E-state index in [0.29, 0.717) is 22.7 Å². The number of esters is 1. The monoisotopic (exact) mass is 341 g/mol. The van der Waals surface area contributed by atoms with Crippen LogP contribution in [0.25, 0.3) is 16.3 Å². The minimum absolute atomic E-state index is 0.110. The lowest BCUT2D eigenvalue weighted by Crippen LogP contribution is -2.07. The molecule has 0 saturated heterocycles. The van der Waals surface area contributed by atoms with E-state index in [-0.39, 0.29) is 12.5 Å². The minimum Gasteiger partial charge on any atom is -0.452 e. The molecule has 4 aromatic rings. The first-order valence-electron chi connectivity index (χ1n) is 7.06. The molecular weight excluding hydrogens is 330 g/mol. The fourth-order valence-corrected chi connectivity index (χ4v) is 2.90. The number of carbonyl (C=O) groups excluding carboxylic acids is 1. The van der Waals surface area contributed by atoms with Crippen molar-refractivity contribution in [3.8, 4) is 10.7 Å². The third kappa shape index (κ3) is 2.54. The molecule has 0 fully saturated rings. The quantitative estimate of drug-likeness (QED) is 0.526. The molecule has 4 heterocycles. The van der Waals surface area contributed by atoms with Crippen LogP contribution in [0.5, 0.6) is 0 Å². The van der Waals surface area contributed by atoms with Gasteiger partial charge in [-0.3, -0.25) is 0 Å². The average molecular weight is 341 g/mol. The molecule has 0 unspecified atom stereocenters. The summed E-state index contributed by atoms with van der Waals surface area (Å²) in [5.74, 6) is 0.177. The summed E-state index contributed by atoms with van der Waals surface area (Å²) < 4.78 is 11.9. The molecule has 0 aromatic carbocycles. The maximum atomic E-state index is 12.3. The van der Waals surface area contributed by atoms with Crippen LogP contribution in [0.1, 0.15) is 21.9 Å². The summed E-state index contributed by atoms with van der Waals surface area (Å²) in [6.45, 7) is 1.62. The van der Waals surface area contributed by atoms with Crippen LogP contribution in [-0.2, 0) is 11.3 Å². The largest absolute Gasteiger partial charge is 0.452 e. The lowest BCUT2D eigenvalue weighted by molar-refractivity contribution is 0.0431. The first kappa shape index (κ1) is 14.5. The van der Waals surface area contributed by atoms with E-state index >= 15 is 0 Å². The second kappa shape index (κ2) is 5.85. The van der Waals surface area contributed by atoms with E-state index in [1.807, 2.05) is 17.5 Å². The van der Waals surface area contributed by atoms with Crippen LogP contribution in [-0.4, -0.2) is 30.7 Å². The van der Waals surface area contributed by atoms with Crippen molar-refractivity contribution < 1.29 is 14.1 Å². The predicted molar refractivity (Wildman–Crippen MR) is 84.5 cm³/mol. The summed E-state index contributed by atoms with van der Waals surface area (Å²) in [6.07, 6.45) is 3.32. The number of fused-ring (bicyclic) bond motifs is 1. The van der Waals surface area contributed by atoms with Crippen LogP contribution in [0.4, 0.5) is 0 Å². The Balaban J connectivity index is 1.51. The van der Waals surface area contributed by atoms with Gasteiger partial charge in [-0.25, -0.2) is 14.3 Å². The molecule has 8 nitrogen and oxygen atoms in total. The number of carbonyl (C=O) groups is 1. The van der Waals surface area contributed by atoms with Crippen LogP contribution < -0.4 is 0 Å². The van der Waals surface area contributed by atoms with Crippen molar-refractivity contribution in [3.05, 3.63) is 53.1 Å². The van der Waals surface area contributed by atoms with Crippen LogP contribution in [0.15, 0.2) is 40.5 Å². The van der Waals surface area contributed by atoms with E-state index in [1.54, 1.807) is 25.4 Å². The lowest BCUT2D eigenvalue weighted by atomic mass is 10.2. The second-order valence-electron chi connectivity index (χ2n) is 4.91. The number of ether oxygens (including phenoxy) is 1. The number of thiophene rings is 1. The predicted octanol–water partition coefficient (Wildman–Crippen LogP) is 2.51. The topological polar surface area (TPSA) is 95.4 Å². The van der Waals surface area contributed by atoms with E-state index < -0.39 is 5.97 Å². The Morgan fingerprint density at radius 3 is 3.17 bits per heavy atom. The van der Waals surface area contributed by atoms with Gasteiger partial charge in [0.15, 0.2) is 12.3 Å². The highest BCUT2D eigenvalue weighted by Crippen LogP contribution is 2.21. The molecular formula is C15H11N5O3S. The number of nitrogens with zero attached hydrogens (tertiary/aromatic N) is 5. The second-order valence-corrected chi connectivity index (χ2v) is 5.86. The molecule has 0 aliphatic rings. The molecule has 4 aromatic heterocycles. The van der Waals surface area contributed by atoms with Crippen LogP contribution >= 0.6 is 11.3 Å². The summed E-state index contributed by atoms with van der Waals surface area (Å²) in [5.41, 5.74) is 1.32. The maximum absolute atomic E-state index is 12.3. The van der Waals surface area contributed by atoms with E-state index in [9.17, 15) is 4.79 Å². The molecule has 0 atom stereocenters. The number of hydrogen-bond donors (Lipinski definition) is 0. The van der Waals surface area contributed by atoms with Crippen LogP contribution in [0, 0.1) is 6.92 Å². The molecule has 0 aliphatic heterocycles. The van der Waals surface area contributed by atoms with Gasteiger partial charge in [0.1, 0.15) is 5.56 Å². The summed E-state index contributed by atoms with van der Waals surface area (Å²) in [5, 5.41) is 10.0. The molecule has 0 N–H and O–H groups in total. The zero-order chi connectivity index (χ0) is 16.5. The Labute approximate surface area is 139 Å². The first-order chi connectivity index (χ1) is 11.7. The van der Waals surface area contributed by atoms with Gasteiger partial charge in [0.05, 0.1) is 10.6 Å². The van der Waals surface area contributed by atoms with Gasteiger partial charge in [-0.15, -0.1) is 11.3 Å². The normalized spacial score (nSPS) is 11.0. The highest BCUT2D eigenvalue weighted by molar-refractivity contribution is 7.13. The minimum atomic E-state index is -0.530. The number of aromatic nitrogens is 5. The molecule has 0 amide bonds. The molecule has 0 aliphatic carbocycles. The van der Waals surface area contributed by atoms with Crippen molar-refractivity contribution in [1.82, 2.24) is 24.7 Å². The van der Waals surface area contributed by atoms with Gasteiger partial charge in [-0.05, 0) is 24.4 Å². The summed E-state index contributed by atoms with van der Waals surface area (Å²) in [6, 6.07) is 5.52. The van der Waals surface area contributed by atoms with E-state index in [2.05, 4.69) is 20.2 Å². The molecule has 4 rings (SSSR count). The molecule has 0 bridgehead atoms. The Morgan fingerprint density at radius 1 is 1.42 bits per heavy atom. The van der Waals surface area contributed by atoms with Crippen molar-refractivity contribution in [1.29, 1.82) is 0 Å². The smallest absolute Gasteiger partial charge is 0.344 e. The lowest BCUT2D eigenvalue weighted by Gasteiger charge is -2.00. The number of rotatable bonds is 4. The molecule has 24 heavy (non-hydrogen) atoms. The highest BCUT2D eigenvalue weighted by Gasteiger charge is 2.20. The summed E-state index contributed by atoms with van der Waals surface area (Å²) in [4.78, 5) is 21.6.